The normalized spacial score (nSPS) is 12.4. The Bertz CT molecular complexity index is 1300. The van der Waals surface area contributed by atoms with E-state index in [1.54, 1.807) is 6.07 Å². The number of benzene rings is 4. The predicted molar refractivity (Wildman–Crippen MR) is 157 cm³/mol. The molecule has 0 unspecified atom stereocenters. The summed E-state index contributed by atoms with van der Waals surface area (Å²) in [6, 6.07) is 33.6. The average Bonchev–Trinajstić information content (AvgIpc) is 2.93. The highest BCUT2D eigenvalue weighted by Crippen LogP contribution is 2.21. The summed E-state index contributed by atoms with van der Waals surface area (Å²) in [6.45, 7) is 4.32. The van der Waals surface area contributed by atoms with Crippen molar-refractivity contribution >= 4 is 12.2 Å². The molecule has 37 heavy (non-hydrogen) atoms. The Hall–Kier alpha value is -3.71. The maximum Gasteiger partial charge on any atom is 0.130 e. The molecule has 4 aromatic carbocycles. The highest BCUT2D eigenvalue weighted by atomic mass is 19.1. The molecule has 0 aromatic heterocycles. The van der Waals surface area contributed by atoms with Crippen LogP contribution in [0.2, 0.25) is 0 Å². The van der Waals surface area contributed by atoms with Gasteiger partial charge in [-0.2, -0.15) is 0 Å². The fourth-order valence-corrected chi connectivity index (χ4v) is 4.64. The highest BCUT2D eigenvalue weighted by Gasteiger charge is 2.06. The van der Waals surface area contributed by atoms with Gasteiger partial charge < -0.3 is 0 Å². The van der Waals surface area contributed by atoms with Crippen molar-refractivity contribution in [2.45, 2.75) is 51.9 Å². The molecular formula is C36H37F. The van der Waals surface area contributed by atoms with Gasteiger partial charge in [0.25, 0.3) is 0 Å². The highest BCUT2D eigenvalue weighted by molar-refractivity contribution is 5.70. The number of hydrogen-bond acceptors (Lipinski definition) is 0. The molecule has 0 aliphatic carbocycles. The molecule has 0 saturated carbocycles. The van der Waals surface area contributed by atoms with Crippen LogP contribution in [-0.4, -0.2) is 0 Å². The van der Waals surface area contributed by atoms with E-state index in [9.17, 15) is 4.39 Å². The molecule has 0 bridgehead atoms. The lowest BCUT2D eigenvalue weighted by molar-refractivity contribution is 0.622. The standard InChI is InChI=1S/C36H37F/c1-3-4-6-9-29-12-14-30(15-13-29)18-21-33-23-25-35(36(37)27-33)24-22-31-16-19-32(20-17-31)26-28(2)34-10-7-5-8-11-34/h3-5,7-8,10-17,19-20,22-25,27-28H,6,9,18,21,26H2,1-2H3/b4-3+,24-22?/t28-/m0/s1. The number of halogens is 1. The van der Waals surface area contributed by atoms with Gasteiger partial charge in [-0.1, -0.05) is 122 Å². The van der Waals surface area contributed by atoms with Crippen LogP contribution in [0.5, 0.6) is 0 Å². The van der Waals surface area contributed by atoms with E-state index < -0.39 is 0 Å². The van der Waals surface area contributed by atoms with Crippen molar-refractivity contribution in [3.05, 3.63) is 154 Å². The van der Waals surface area contributed by atoms with Gasteiger partial charge in [0, 0.05) is 5.56 Å². The first-order valence-electron chi connectivity index (χ1n) is 13.4. The minimum absolute atomic E-state index is 0.165. The summed E-state index contributed by atoms with van der Waals surface area (Å²) in [4.78, 5) is 0. The number of hydrogen-bond donors (Lipinski definition) is 0. The van der Waals surface area contributed by atoms with Gasteiger partial charge in [-0.25, -0.2) is 4.39 Å². The largest absolute Gasteiger partial charge is 0.206 e. The van der Waals surface area contributed by atoms with Crippen LogP contribution >= 0.6 is 0 Å². The molecule has 188 valence electrons. The van der Waals surface area contributed by atoms with Crippen molar-refractivity contribution in [2.24, 2.45) is 0 Å². The Morgan fingerprint density at radius 2 is 1.30 bits per heavy atom. The summed E-state index contributed by atoms with van der Waals surface area (Å²) in [7, 11) is 0. The summed E-state index contributed by atoms with van der Waals surface area (Å²) in [5.74, 6) is 0.309. The van der Waals surface area contributed by atoms with Gasteiger partial charge in [0.2, 0.25) is 0 Å². The van der Waals surface area contributed by atoms with Crippen LogP contribution in [0.3, 0.4) is 0 Å². The summed E-state index contributed by atoms with van der Waals surface area (Å²) in [5.41, 5.74) is 8.06. The minimum atomic E-state index is -0.165. The average molecular weight is 489 g/mol. The second-order valence-electron chi connectivity index (χ2n) is 9.87. The Balaban J connectivity index is 1.29. The molecule has 0 fully saturated rings. The minimum Gasteiger partial charge on any atom is -0.206 e. The molecule has 0 aliphatic heterocycles. The maximum atomic E-state index is 14.8. The Morgan fingerprint density at radius 1 is 0.676 bits per heavy atom. The summed E-state index contributed by atoms with van der Waals surface area (Å²) in [5, 5.41) is 0. The fraction of sp³-hybridized carbons (Fsp3) is 0.222. The van der Waals surface area contributed by atoms with Crippen molar-refractivity contribution in [1.82, 2.24) is 0 Å². The molecule has 1 atom stereocenters. The second kappa shape index (κ2) is 13.6. The molecule has 4 aromatic rings. The zero-order chi connectivity index (χ0) is 25.9. The van der Waals surface area contributed by atoms with Crippen molar-refractivity contribution in [1.29, 1.82) is 0 Å². The van der Waals surface area contributed by atoms with Crippen molar-refractivity contribution in [3.63, 3.8) is 0 Å². The van der Waals surface area contributed by atoms with Gasteiger partial charge >= 0.3 is 0 Å². The van der Waals surface area contributed by atoms with E-state index in [2.05, 4.69) is 105 Å². The molecule has 4 rings (SSSR count). The molecule has 1 heteroatoms. The zero-order valence-electron chi connectivity index (χ0n) is 22.0. The first-order valence-corrected chi connectivity index (χ1v) is 13.4. The van der Waals surface area contributed by atoms with Crippen LogP contribution in [-0.2, 0) is 25.7 Å². The van der Waals surface area contributed by atoms with E-state index in [1.165, 1.54) is 22.3 Å². The third kappa shape index (κ3) is 8.15. The lowest BCUT2D eigenvalue weighted by Gasteiger charge is -2.12. The number of allylic oxidation sites excluding steroid dienone is 2. The molecule has 0 radical (unpaired) electrons. The number of rotatable bonds is 11. The van der Waals surface area contributed by atoms with E-state index in [0.29, 0.717) is 11.5 Å². The quantitative estimate of drug-likeness (QED) is 0.146. The third-order valence-electron chi connectivity index (χ3n) is 6.97. The van der Waals surface area contributed by atoms with Crippen LogP contribution in [0.1, 0.15) is 65.1 Å². The van der Waals surface area contributed by atoms with Gasteiger partial charge in [-0.15, -0.1) is 0 Å². The Kier molecular flexibility index (Phi) is 9.66. The molecule has 0 saturated heterocycles. The van der Waals surface area contributed by atoms with Crippen molar-refractivity contribution in [3.8, 4) is 0 Å². The van der Waals surface area contributed by atoms with E-state index in [1.807, 2.05) is 24.3 Å². The van der Waals surface area contributed by atoms with Crippen LogP contribution < -0.4 is 0 Å². The fourth-order valence-electron chi connectivity index (χ4n) is 4.64. The Morgan fingerprint density at radius 3 is 1.97 bits per heavy atom. The monoisotopic (exact) mass is 488 g/mol. The molecule has 0 heterocycles. The van der Waals surface area contributed by atoms with Gasteiger partial charge in [0.05, 0.1) is 0 Å². The topological polar surface area (TPSA) is 0 Å². The second-order valence-corrected chi connectivity index (χ2v) is 9.87. The molecule has 0 amide bonds. The van der Waals surface area contributed by atoms with Gasteiger partial charge in [0.15, 0.2) is 0 Å². The molecule has 0 spiro atoms. The molecular weight excluding hydrogens is 451 g/mol. The van der Waals surface area contributed by atoms with Gasteiger partial charge in [-0.3, -0.25) is 0 Å². The van der Waals surface area contributed by atoms with Crippen LogP contribution in [0.25, 0.3) is 12.2 Å². The zero-order valence-corrected chi connectivity index (χ0v) is 22.0. The molecule has 0 nitrogen and oxygen atoms in total. The third-order valence-corrected chi connectivity index (χ3v) is 6.97. The smallest absolute Gasteiger partial charge is 0.130 e. The summed E-state index contributed by atoms with van der Waals surface area (Å²) in [6.07, 6.45) is 13.1. The summed E-state index contributed by atoms with van der Waals surface area (Å²) >= 11 is 0. The van der Waals surface area contributed by atoms with Gasteiger partial charge in [-0.05, 0) is 84.4 Å². The molecule has 0 N–H and O–H groups in total. The lowest BCUT2D eigenvalue weighted by Crippen LogP contribution is -1.98. The van der Waals surface area contributed by atoms with E-state index in [-0.39, 0.29) is 5.82 Å². The Labute approximate surface area is 222 Å². The molecule has 0 aliphatic rings. The maximum absolute atomic E-state index is 14.8. The van der Waals surface area contributed by atoms with Crippen molar-refractivity contribution < 1.29 is 4.39 Å². The van der Waals surface area contributed by atoms with E-state index >= 15 is 0 Å². The van der Waals surface area contributed by atoms with E-state index in [4.69, 9.17) is 0 Å². The van der Waals surface area contributed by atoms with Gasteiger partial charge in [0.1, 0.15) is 5.82 Å². The first-order chi connectivity index (χ1) is 18.1. The predicted octanol–water partition coefficient (Wildman–Crippen LogP) is 9.64. The van der Waals surface area contributed by atoms with E-state index in [0.717, 1.165) is 43.2 Å². The SMILES string of the molecule is C/C=C/CCc1ccc(CCc2ccc(C=Cc3ccc(C[C@H](C)c4ccccc4)cc3)c(F)c2)cc1. The summed E-state index contributed by atoms with van der Waals surface area (Å²) < 4.78 is 14.8. The lowest BCUT2D eigenvalue weighted by atomic mass is 9.93. The van der Waals surface area contributed by atoms with Crippen LogP contribution in [0.15, 0.2) is 109 Å². The van der Waals surface area contributed by atoms with Crippen LogP contribution in [0.4, 0.5) is 4.39 Å². The number of aryl methyl sites for hydroxylation is 3. The van der Waals surface area contributed by atoms with Crippen molar-refractivity contribution in [2.75, 3.05) is 0 Å². The first kappa shape index (κ1) is 26.4. The van der Waals surface area contributed by atoms with Crippen LogP contribution in [0, 0.1) is 5.82 Å².